The SMILES string of the molecule is CC[C@@]1(CCCCCOC(=O)CN(C)C(=O)CNC)C(=O)OCc2c1cc1n(c2=O)Cc2c-1nc1cccc3c1c2NC=N3. The van der Waals surface area contributed by atoms with E-state index in [9.17, 15) is 19.2 Å². The molecule has 0 bridgehead atoms. The Morgan fingerprint density at radius 1 is 1.20 bits per heavy atom. The molecule has 0 saturated heterocycles. The number of aromatic nitrogens is 2. The molecule has 12 nitrogen and oxygen atoms in total. The summed E-state index contributed by atoms with van der Waals surface area (Å²) in [6, 6.07) is 7.78. The van der Waals surface area contributed by atoms with Crippen molar-refractivity contribution in [1.29, 1.82) is 0 Å². The van der Waals surface area contributed by atoms with E-state index in [2.05, 4.69) is 15.6 Å². The number of anilines is 1. The molecule has 3 aliphatic rings. The van der Waals surface area contributed by atoms with Crippen molar-refractivity contribution in [2.24, 2.45) is 4.99 Å². The number of benzene rings is 1. The second-order valence-electron chi connectivity index (χ2n) is 11.5. The number of rotatable bonds is 11. The van der Waals surface area contributed by atoms with E-state index in [4.69, 9.17) is 14.5 Å². The molecule has 5 heterocycles. The Bertz CT molecular complexity index is 1760. The Balaban J connectivity index is 1.20. The lowest BCUT2D eigenvalue weighted by molar-refractivity contribution is -0.155. The lowest BCUT2D eigenvalue weighted by atomic mass is 9.71. The van der Waals surface area contributed by atoms with Gasteiger partial charge in [-0.05, 0) is 50.1 Å². The highest BCUT2D eigenvalue weighted by Gasteiger charge is 2.46. The van der Waals surface area contributed by atoms with Crippen LogP contribution in [0.3, 0.4) is 0 Å². The first-order chi connectivity index (χ1) is 21.3. The summed E-state index contributed by atoms with van der Waals surface area (Å²) in [5, 5.41) is 6.97. The van der Waals surface area contributed by atoms with Crippen molar-refractivity contribution in [1.82, 2.24) is 19.8 Å². The minimum atomic E-state index is -0.957. The molecule has 44 heavy (non-hydrogen) atoms. The molecule has 230 valence electrons. The molecule has 1 aromatic carbocycles. The van der Waals surface area contributed by atoms with Crippen LogP contribution in [0.2, 0.25) is 0 Å². The van der Waals surface area contributed by atoms with Gasteiger partial charge in [0.25, 0.3) is 5.56 Å². The number of aliphatic imine (C=N–C) groups is 1. The summed E-state index contributed by atoms with van der Waals surface area (Å²) in [7, 11) is 3.22. The van der Waals surface area contributed by atoms with E-state index in [0.29, 0.717) is 49.9 Å². The fraction of sp³-hybridized carbons (Fsp3) is 0.438. The fourth-order valence-corrected chi connectivity index (χ4v) is 6.54. The monoisotopic (exact) mass is 600 g/mol. The summed E-state index contributed by atoms with van der Waals surface area (Å²) < 4.78 is 12.7. The van der Waals surface area contributed by atoms with Gasteiger partial charge in [-0.3, -0.25) is 19.2 Å². The third kappa shape index (κ3) is 4.92. The predicted molar refractivity (Wildman–Crippen MR) is 165 cm³/mol. The molecule has 0 fully saturated rings. The van der Waals surface area contributed by atoms with Gasteiger partial charge >= 0.3 is 11.9 Å². The van der Waals surface area contributed by atoms with Crippen molar-refractivity contribution in [3.05, 3.63) is 51.3 Å². The summed E-state index contributed by atoms with van der Waals surface area (Å²) in [5.74, 6) is -0.975. The molecule has 3 aliphatic heterocycles. The van der Waals surface area contributed by atoms with E-state index >= 15 is 0 Å². The molecule has 2 aromatic heterocycles. The number of carbonyl (C=O) groups is 3. The third-order valence-corrected chi connectivity index (χ3v) is 8.95. The molecular formula is C32H36N6O6. The second kappa shape index (κ2) is 11.8. The number of nitrogens with zero attached hydrogens (tertiary/aromatic N) is 4. The van der Waals surface area contributed by atoms with Gasteiger partial charge in [0, 0.05) is 18.0 Å². The van der Waals surface area contributed by atoms with Crippen molar-refractivity contribution >= 4 is 46.5 Å². The molecule has 1 amide bonds. The van der Waals surface area contributed by atoms with E-state index in [1.54, 1.807) is 25.0 Å². The van der Waals surface area contributed by atoms with Gasteiger partial charge in [-0.25, -0.2) is 9.98 Å². The van der Waals surface area contributed by atoms with E-state index in [1.165, 1.54) is 4.90 Å². The van der Waals surface area contributed by atoms with Crippen LogP contribution in [0, 0.1) is 0 Å². The first kappa shape index (κ1) is 29.5. The van der Waals surface area contributed by atoms with Gasteiger partial charge in [-0.15, -0.1) is 0 Å². The van der Waals surface area contributed by atoms with Crippen LogP contribution < -0.4 is 16.2 Å². The van der Waals surface area contributed by atoms with E-state index in [1.807, 2.05) is 31.2 Å². The van der Waals surface area contributed by atoms with Crippen molar-refractivity contribution in [2.75, 3.05) is 39.1 Å². The van der Waals surface area contributed by atoms with Gasteiger partial charge < -0.3 is 29.6 Å². The third-order valence-electron chi connectivity index (χ3n) is 8.95. The van der Waals surface area contributed by atoms with Crippen LogP contribution in [0.5, 0.6) is 0 Å². The number of ether oxygens (including phenoxy) is 2. The first-order valence-electron chi connectivity index (χ1n) is 15.0. The summed E-state index contributed by atoms with van der Waals surface area (Å²) >= 11 is 0. The van der Waals surface area contributed by atoms with Gasteiger partial charge in [0.1, 0.15) is 13.2 Å². The number of nitrogens with one attached hydrogen (secondary N) is 2. The number of cyclic esters (lactones) is 1. The number of carbonyl (C=O) groups excluding carboxylic acids is 3. The van der Waals surface area contributed by atoms with Crippen LogP contribution in [0.15, 0.2) is 34.1 Å². The Morgan fingerprint density at radius 3 is 2.84 bits per heavy atom. The van der Waals surface area contributed by atoms with Crippen LogP contribution >= 0.6 is 0 Å². The highest BCUT2D eigenvalue weighted by Crippen LogP contribution is 2.46. The number of hydrogen-bond acceptors (Lipinski definition) is 10. The molecule has 2 N–H and O–H groups in total. The Hall–Kier alpha value is -4.58. The number of amides is 1. The van der Waals surface area contributed by atoms with Gasteiger partial charge in [-0.1, -0.05) is 25.8 Å². The minimum Gasteiger partial charge on any atom is -0.464 e. The summed E-state index contributed by atoms with van der Waals surface area (Å²) in [5.41, 5.74) is 5.01. The number of esters is 2. The average molecular weight is 601 g/mol. The summed E-state index contributed by atoms with van der Waals surface area (Å²) in [6.07, 6.45) is 4.64. The fourth-order valence-electron chi connectivity index (χ4n) is 6.54. The van der Waals surface area contributed by atoms with Crippen molar-refractivity contribution in [3.8, 4) is 11.4 Å². The van der Waals surface area contributed by atoms with E-state index < -0.39 is 11.4 Å². The second-order valence-corrected chi connectivity index (χ2v) is 11.5. The van der Waals surface area contributed by atoms with Gasteiger partial charge in [0.05, 0.1) is 65.3 Å². The molecule has 0 saturated carbocycles. The number of hydrogen-bond donors (Lipinski definition) is 2. The van der Waals surface area contributed by atoms with Crippen molar-refractivity contribution < 1.29 is 23.9 Å². The molecular weight excluding hydrogens is 564 g/mol. The normalized spacial score (nSPS) is 17.4. The molecule has 0 unspecified atom stereocenters. The number of likely N-dealkylation sites (N-methyl/N-ethyl adjacent to an activating group) is 2. The molecule has 12 heteroatoms. The number of fused-ring (bicyclic) bond motifs is 5. The standard InChI is InChI=1S/C32H36N6O6/c1-4-32(11-6-5-7-12-43-26(40)16-37(3)25(39)14-33-2)21-13-24-28-19(15-38(24)30(41)20(21)17-44-31(32)42)29-27-22(34-18-35-29)9-8-10-23(27)36-28/h8-10,13,18,33H,4-7,11-12,14-17H2,1-3H3,(H,34,35)/t32-/m0/s1. The summed E-state index contributed by atoms with van der Waals surface area (Å²) in [6.45, 7) is 2.53. The Kier molecular flexibility index (Phi) is 7.93. The Morgan fingerprint density at radius 2 is 2.05 bits per heavy atom. The molecule has 0 aliphatic carbocycles. The van der Waals surface area contributed by atoms with E-state index in [0.717, 1.165) is 39.1 Å². The zero-order valence-electron chi connectivity index (χ0n) is 25.2. The van der Waals surface area contributed by atoms with Crippen molar-refractivity contribution in [3.63, 3.8) is 0 Å². The summed E-state index contributed by atoms with van der Waals surface area (Å²) in [4.78, 5) is 62.0. The zero-order valence-corrected chi connectivity index (χ0v) is 25.2. The highest BCUT2D eigenvalue weighted by molar-refractivity contribution is 6.10. The lowest BCUT2D eigenvalue weighted by Crippen LogP contribution is -2.44. The molecule has 6 rings (SSSR count). The minimum absolute atomic E-state index is 0.0517. The van der Waals surface area contributed by atoms with Crippen LogP contribution in [0.25, 0.3) is 22.3 Å². The van der Waals surface area contributed by atoms with Crippen LogP contribution in [-0.2, 0) is 42.4 Å². The van der Waals surface area contributed by atoms with Gasteiger partial charge in [0.15, 0.2) is 0 Å². The highest BCUT2D eigenvalue weighted by atomic mass is 16.5. The molecule has 3 aromatic rings. The van der Waals surface area contributed by atoms with Crippen LogP contribution in [0.4, 0.5) is 11.4 Å². The largest absolute Gasteiger partial charge is 0.464 e. The maximum absolute atomic E-state index is 13.9. The van der Waals surface area contributed by atoms with Crippen molar-refractivity contribution in [2.45, 2.75) is 57.6 Å². The topological polar surface area (TPSA) is 144 Å². The van der Waals surface area contributed by atoms with Crippen LogP contribution in [0.1, 0.15) is 55.7 Å². The van der Waals surface area contributed by atoms with Gasteiger partial charge in [0.2, 0.25) is 5.91 Å². The number of pyridine rings is 2. The predicted octanol–water partition coefficient (Wildman–Crippen LogP) is 3.00. The molecule has 0 spiro atoms. The van der Waals surface area contributed by atoms with E-state index in [-0.39, 0.29) is 43.7 Å². The first-order valence-corrected chi connectivity index (χ1v) is 15.0. The smallest absolute Gasteiger partial charge is 0.325 e. The molecule has 0 radical (unpaired) electrons. The maximum Gasteiger partial charge on any atom is 0.325 e. The van der Waals surface area contributed by atoms with Gasteiger partial charge in [-0.2, -0.15) is 0 Å². The molecule has 1 atom stereocenters. The maximum atomic E-state index is 13.9. The number of unbranched alkanes of at least 4 members (excludes halogenated alkanes) is 2. The Labute approximate surface area is 254 Å². The van der Waals surface area contributed by atoms with Crippen LogP contribution in [-0.4, -0.2) is 72.4 Å². The zero-order chi connectivity index (χ0) is 31.0. The lowest BCUT2D eigenvalue weighted by Gasteiger charge is -2.36. The average Bonchev–Trinajstić information content (AvgIpc) is 3.39. The quantitative estimate of drug-likeness (QED) is 0.196.